The Morgan fingerprint density at radius 2 is 1.14 bits per heavy atom. The van der Waals surface area contributed by atoms with Crippen LogP contribution in [0.5, 0.6) is 0 Å². The van der Waals surface area contributed by atoms with E-state index in [0.717, 1.165) is 96.3 Å². The van der Waals surface area contributed by atoms with Crippen molar-refractivity contribution in [3.8, 4) is 0 Å². The predicted octanol–water partition coefficient (Wildman–Crippen LogP) is 8.23. The van der Waals surface area contributed by atoms with Crippen LogP contribution in [0.25, 0.3) is 0 Å². The summed E-state index contributed by atoms with van der Waals surface area (Å²) >= 11 is 0. The third kappa shape index (κ3) is 18.2. The number of carbonyl (C=O) groups is 3. The number of carbonyl (C=O) groups excluding carboxylic acids is 3. The standard InChI is InChI=1S/C50H79NO12S/c1-2-3-4-5-6-7-8-15-26-35-42(62-46(55)37-28-17-12-10-14-21-30-41-33-24-19-25-34-41)38-45(54)51-49(47(56)50(58,64(59,60)61)44(39-52)63-48(49)57)43(53)36-27-16-11-9-13-20-29-40-31-22-18-23-32-40/h18-19,22-25,31-34,42,44,47-48,52,56-58H,2-17,20-21,26-30,35-39H2,1H3,(H,51,54)(H,59,60,61)/t42?,44-,47-,48+,49-,50+/m1/s1. The molecule has 3 rings (SSSR count). The second-order valence-corrected chi connectivity index (χ2v) is 19.4. The highest BCUT2D eigenvalue weighted by Gasteiger charge is 2.71. The van der Waals surface area contributed by atoms with Gasteiger partial charge in [0.05, 0.1) is 13.0 Å². The second-order valence-electron chi connectivity index (χ2n) is 17.8. The molecular formula is C50H79NO12S. The van der Waals surface area contributed by atoms with Gasteiger partial charge in [-0.1, -0.05) is 170 Å². The zero-order valence-corrected chi connectivity index (χ0v) is 39.2. The van der Waals surface area contributed by atoms with Crippen LogP contribution >= 0.6 is 0 Å². The highest BCUT2D eigenvalue weighted by Crippen LogP contribution is 2.40. The molecule has 1 fully saturated rings. The van der Waals surface area contributed by atoms with Crippen LogP contribution < -0.4 is 5.32 Å². The fourth-order valence-corrected chi connectivity index (χ4v) is 9.64. The van der Waals surface area contributed by atoms with Gasteiger partial charge >= 0.3 is 16.1 Å². The van der Waals surface area contributed by atoms with Crippen LogP contribution in [0.2, 0.25) is 0 Å². The van der Waals surface area contributed by atoms with Crippen LogP contribution in [-0.2, 0) is 46.8 Å². The topological polar surface area (TPSA) is 217 Å². The first-order valence-corrected chi connectivity index (χ1v) is 25.7. The largest absolute Gasteiger partial charge is 0.462 e. The minimum atomic E-state index is -5.72. The average Bonchev–Trinajstić information content (AvgIpc) is 3.27. The summed E-state index contributed by atoms with van der Waals surface area (Å²) in [5.74, 6) is -2.52. The van der Waals surface area contributed by atoms with Crippen LogP contribution in [-0.4, -0.2) is 92.7 Å². The molecule has 0 aliphatic carbocycles. The minimum absolute atomic E-state index is 0.143. The number of aliphatic hydroxyl groups is 4. The van der Waals surface area contributed by atoms with E-state index in [9.17, 15) is 47.8 Å². The first-order chi connectivity index (χ1) is 30.8. The molecule has 1 saturated heterocycles. The SMILES string of the molecule is CCCCCCCCCCCC(CC(=O)N[C@]1(C(=O)CCCCCCCCc2ccccc2)[C@@H](O)[C@@](O)(S(=O)(=O)O)[C@@H](CO)O[C@@H]1O)OC(=O)CCCCCCCCc1ccccc1. The lowest BCUT2D eigenvalue weighted by atomic mass is 9.77. The summed E-state index contributed by atoms with van der Waals surface area (Å²) in [4.78, 5) is 37.5. The number of benzene rings is 2. The normalized spacial score (nSPS) is 21.6. The van der Waals surface area contributed by atoms with Gasteiger partial charge in [-0.05, 0) is 62.5 Å². The molecule has 0 spiro atoms. The lowest BCUT2D eigenvalue weighted by molar-refractivity contribution is -0.290. The number of aliphatic hydroxyl groups excluding tert-OH is 3. The molecule has 13 nitrogen and oxygen atoms in total. The molecule has 0 saturated carbocycles. The van der Waals surface area contributed by atoms with Gasteiger partial charge in [0, 0.05) is 12.8 Å². The maximum atomic E-state index is 14.1. The van der Waals surface area contributed by atoms with Crippen molar-refractivity contribution < 1.29 is 57.3 Å². The van der Waals surface area contributed by atoms with Gasteiger partial charge in [0.2, 0.25) is 10.8 Å². The molecule has 1 amide bonds. The maximum Gasteiger partial charge on any atom is 0.306 e. The molecular weight excluding hydrogens is 839 g/mol. The van der Waals surface area contributed by atoms with E-state index in [-0.39, 0.29) is 19.3 Å². The number of ketones is 1. The van der Waals surface area contributed by atoms with Gasteiger partial charge in [0.25, 0.3) is 0 Å². The lowest BCUT2D eigenvalue weighted by Crippen LogP contribution is -2.82. The van der Waals surface area contributed by atoms with Gasteiger partial charge < -0.3 is 35.2 Å². The van der Waals surface area contributed by atoms with Crippen molar-refractivity contribution in [2.24, 2.45) is 0 Å². The van der Waals surface area contributed by atoms with Gasteiger partial charge in [0.15, 0.2) is 17.6 Å². The molecule has 64 heavy (non-hydrogen) atoms. The molecule has 1 aliphatic heterocycles. The van der Waals surface area contributed by atoms with Crippen molar-refractivity contribution in [1.82, 2.24) is 5.32 Å². The Morgan fingerprint density at radius 3 is 1.62 bits per heavy atom. The maximum absolute atomic E-state index is 14.1. The van der Waals surface area contributed by atoms with E-state index in [1.165, 1.54) is 36.8 Å². The molecule has 1 heterocycles. The van der Waals surface area contributed by atoms with Gasteiger partial charge in [0.1, 0.15) is 18.3 Å². The molecule has 6 atom stereocenters. The third-order valence-electron chi connectivity index (χ3n) is 12.6. The highest BCUT2D eigenvalue weighted by molar-refractivity contribution is 7.87. The minimum Gasteiger partial charge on any atom is -0.462 e. The van der Waals surface area contributed by atoms with E-state index in [4.69, 9.17) is 9.47 Å². The molecule has 0 bridgehead atoms. The molecule has 1 unspecified atom stereocenters. The summed E-state index contributed by atoms with van der Waals surface area (Å²) in [6.45, 7) is 0.894. The Balaban J connectivity index is 1.65. The van der Waals surface area contributed by atoms with E-state index >= 15 is 0 Å². The molecule has 2 aromatic rings. The number of esters is 1. The zero-order valence-electron chi connectivity index (χ0n) is 38.4. The Bertz CT molecular complexity index is 1710. The lowest BCUT2D eigenvalue weighted by Gasteiger charge is -2.52. The molecule has 6 N–H and O–H groups in total. The smallest absolute Gasteiger partial charge is 0.306 e. The number of unbranched alkanes of at least 4 members (excludes halogenated alkanes) is 18. The van der Waals surface area contributed by atoms with Gasteiger partial charge in [-0.25, -0.2) is 0 Å². The summed E-state index contributed by atoms with van der Waals surface area (Å²) in [5, 5.41) is 46.4. The average molecular weight is 918 g/mol. The van der Waals surface area contributed by atoms with Crippen molar-refractivity contribution >= 4 is 27.8 Å². The van der Waals surface area contributed by atoms with Crippen LogP contribution in [0.4, 0.5) is 0 Å². The first kappa shape index (κ1) is 55.1. The summed E-state index contributed by atoms with van der Waals surface area (Å²) in [5.41, 5.74) is -0.407. The van der Waals surface area contributed by atoms with E-state index in [0.29, 0.717) is 25.7 Å². The van der Waals surface area contributed by atoms with Crippen molar-refractivity contribution in [1.29, 1.82) is 0 Å². The molecule has 2 aromatic carbocycles. The Labute approximate surface area is 382 Å². The monoisotopic (exact) mass is 918 g/mol. The van der Waals surface area contributed by atoms with Crippen molar-refractivity contribution in [2.45, 2.75) is 215 Å². The number of Topliss-reactive ketones (excluding diaryl/α,β-unsaturated/α-hetero) is 1. The molecule has 0 aromatic heterocycles. The molecule has 14 heteroatoms. The van der Waals surface area contributed by atoms with E-state index in [1.807, 2.05) is 36.4 Å². The van der Waals surface area contributed by atoms with E-state index in [1.54, 1.807) is 0 Å². The van der Waals surface area contributed by atoms with Crippen molar-refractivity contribution in [3.63, 3.8) is 0 Å². The number of rotatable bonds is 35. The Morgan fingerprint density at radius 1 is 0.688 bits per heavy atom. The van der Waals surface area contributed by atoms with Crippen LogP contribution in [0.3, 0.4) is 0 Å². The predicted molar refractivity (Wildman–Crippen MR) is 248 cm³/mol. The number of ether oxygens (including phenoxy) is 2. The van der Waals surface area contributed by atoms with Gasteiger partial charge in [-0.15, -0.1) is 0 Å². The first-order valence-electron chi connectivity index (χ1n) is 24.2. The molecule has 1 aliphatic rings. The molecule has 362 valence electrons. The number of hydrogen-bond acceptors (Lipinski definition) is 11. The number of aryl methyl sites for hydroxylation is 2. The quantitative estimate of drug-likeness (QED) is 0.0219. The van der Waals surface area contributed by atoms with Gasteiger partial charge in [-0.3, -0.25) is 18.9 Å². The molecule has 0 radical (unpaired) electrons. The fraction of sp³-hybridized carbons (Fsp3) is 0.700. The summed E-state index contributed by atoms with van der Waals surface area (Å²) < 4.78 is 46.5. The fourth-order valence-electron chi connectivity index (χ4n) is 8.71. The second kappa shape index (κ2) is 30.1. The summed E-state index contributed by atoms with van der Waals surface area (Å²) in [7, 11) is -5.72. The van der Waals surface area contributed by atoms with Crippen LogP contribution in [0, 0.1) is 0 Å². The van der Waals surface area contributed by atoms with E-state index in [2.05, 4.69) is 36.5 Å². The number of hydrogen-bond donors (Lipinski definition) is 6. The zero-order chi connectivity index (χ0) is 46.7. The number of nitrogens with one attached hydrogen (secondary N) is 1. The van der Waals surface area contributed by atoms with Crippen LogP contribution in [0.15, 0.2) is 60.7 Å². The summed E-state index contributed by atoms with van der Waals surface area (Å²) in [6, 6.07) is 20.5. The summed E-state index contributed by atoms with van der Waals surface area (Å²) in [6.07, 6.45) is 12.4. The highest BCUT2D eigenvalue weighted by atomic mass is 32.2. The van der Waals surface area contributed by atoms with E-state index < -0.39 is 75.9 Å². The van der Waals surface area contributed by atoms with Crippen LogP contribution in [0.1, 0.15) is 179 Å². The van der Waals surface area contributed by atoms with Crippen molar-refractivity contribution in [3.05, 3.63) is 71.8 Å². The Hall–Kier alpha value is -3.24. The Kier molecular flexibility index (Phi) is 25.9. The third-order valence-corrected chi connectivity index (χ3v) is 13.9. The van der Waals surface area contributed by atoms with Crippen molar-refractivity contribution in [2.75, 3.05) is 6.61 Å². The number of amides is 1. The van der Waals surface area contributed by atoms with Gasteiger partial charge in [-0.2, -0.15) is 8.42 Å².